The Balaban J connectivity index is 1.68. The molecule has 0 aliphatic heterocycles. The van der Waals surface area contributed by atoms with Crippen LogP contribution in [0.4, 0.5) is 0 Å². The first-order valence-corrected chi connectivity index (χ1v) is 11.5. The smallest absolute Gasteiger partial charge is 0.0547 e. The van der Waals surface area contributed by atoms with Gasteiger partial charge >= 0.3 is 0 Å². The third kappa shape index (κ3) is 3.16. The first-order chi connectivity index (χ1) is 15.8. The van der Waals surface area contributed by atoms with Gasteiger partial charge in [0.05, 0.1) is 11.0 Å². The zero-order valence-corrected chi connectivity index (χ0v) is 19.0. The number of hydrogen-bond acceptors (Lipinski definition) is 0. The van der Waals surface area contributed by atoms with Crippen molar-refractivity contribution >= 4 is 37.7 Å². The van der Waals surface area contributed by atoms with Gasteiger partial charge < -0.3 is 4.57 Å². The minimum Gasteiger partial charge on any atom is -0.309 e. The van der Waals surface area contributed by atoms with Crippen LogP contribution in [0.25, 0.3) is 49.7 Å². The van der Waals surface area contributed by atoms with Crippen LogP contribution in [0.3, 0.4) is 0 Å². The van der Waals surface area contributed by atoms with E-state index < -0.39 is 0 Å². The molecule has 0 aliphatic carbocycles. The molecule has 32 heavy (non-hydrogen) atoms. The Bertz CT molecular complexity index is 1560. The molecule has 0 N–H and O–H groups in total. The van der Waals surface area contributed by atoms with Gasteiger partial charge in [0.15, 0.2) is 0 Å². The Kier molecular flexibility index (Phi) is 4.66. The molecular formula is C30H20BrN. The summed E-state index contributed by atoms with van der Waals surface area (Å²) >= 11 is 3.72. The Morgan fingerprint density at radius 2 is 1.03 bits per heavy atom. The number of aromatic nitrogens is 1. The molecular weight excluding hydrogens is 454 g/mol. The lowest BCUT2D eigenvalue weighted by atomic mass is 10.0. The maximum atomic E-state index is 3.72. The van der Waals surface area contributed by atoms with Crippen LogP contribution in [-0.4, -0.2) is 4.57 Å². The van der Waals surface area contributed by atoms with E-state index in [0.717, 1.165) is 4.47 Å². The Hall–Kier alpha value is -3.62. The number of fused-ring (bicyclic) bond motifs is 3. The van der Waals surface area contributed by atoms with Crippen LogP contribution in [0.1, 0.15) is 0 Å². The van der Waals surface area contributed by atoms with Crippen molar-refractivity contribution in [2.24, 2.45) is 0 Å². The van der Waals surface area contributed by atoms with Gasteiger partial charge in [0.25, 0.3) is 0 Å². The summed E-state index contributed by atoms with van der Waals surface area (Å²) in [5.74, 6) is 0. The van der Waals surface area contributed by atoms with Gasteiger partial charge in [-0.15, -0.1) is 0 Å². The van der Waals surface area contributed by atoms with Crippen molar-refractivity contribution in [2.45, 2.75) is 0 Å². The number of halogens is 1. The largest absolute Gasteiger partial charge is 0.309 e. The second kappa shape index (κ2) is 7.81. The minimum absolute atomic E-state index is 1.10. The van der Waals surface area contributed by atoms with Gasteiger partial charge in [-0.25, -0.2) is 0 Å². The average molecular weight is 474 g/mol. The van der Waals surface area contributed by atoms with Gasteiger partial charge in [-0.1, -0.05) is 107 Å². The van der Waals surface area contributed by atoms with Gasteiger partial charge in [0.1, 0.15) is 0 Å². The van der Waals surface area contributed by atoms with E-state index in [-0.39, 0.29) is 0 Å². The fourth-order valence-electron chi connectivity index (χ4n) is 4.55. The maximum Gasteiger partial charge on any atom is 0.0547 e. The standard InChI is InChI=1S/C30H20BrN/c31-28-14-8-7-13-25(28)23-16-18-27-26-17-15-22(21-9-3-1-4-10-21)19-29(26)32(30(27)20-23)24-11-5-2-6-12-24/h1-20H. The SMILES string of the molecule is Brc1ccccc1-c1ccc2c3ccc(-c4ccccc4)cc3n(-c3ccccc3)c2c1. The van der Waals surface area contributed by atoms with Gasteiger partial charge in [-0.05, 0) is 52.6 Å². The third-order valence-corrected chi connectivity index (χ3v) is 6.77. The quantitative estimate of drug-likeness (QED) is 0.241. The van der Waals surface area contributed by atoms with Crippen molar-refractivity contribution in [3.8, 4) is 27.9 Å². The predicted octanol–water partition coefficient (Wildman–Crippen LogP) is 8.88. The molecule has 0 fully saturated rings. The predicted molar refractivity (Wildman–Crippen MR) is 139 cm³/mol. The Morgan fingerprint density at radius 1 is 0.469 bits per heavy atom. The molecule has 152 valence electrons. The van der Waals surface area contributed by atoms with Crippen molar-refractivity contribution in [2.75, 3.05) is 0 Å². The van der Waals surface area contributed by atoms with E-state index in [1.54, 1.807) is 0 Å². The Labute approximate surface area is 195 Å². The van der Waals surface area contributed by atoms with Crippen molar-refractivity contribution in [3.05, 3.63) is 126 Å². The highest BCUT2D eigenvalue weighted by molar-refractivity contribution is 9.10. The second-order valence-corrected chi connectivity index (χ2v) is 8.84. The van der Waals surface area contributed by atoms with Gasteiger partial charge in [-0.2, -0.15) is 0 Å². The van der Waals surface area contributed by atoms with Gasteiger partial charge in [-0.3, -0.25) is 0 Å². The van der Waals surface area contributed by atoms with Crippen LogP contribution in [0.2, 0.25) is 0 Å². The number of hydrogen-bond donors (Lipinski definition) is 0. The molecule has 1 nitrogen and oxygen atoms in total. The van der Waals surface area contributed by atoms with Crippen molar-refractivity contribution in [1.82, 2.24) is 4.57 Å². The highest BCUT2D eigenvalue weighted by atomic mass is 79.9. The van der Waals surface area contributed by atoms with Crippen LogP contribution in [-0.2, 0) is 0 Å². The molecule has 1 aromatic heterocycles. The summed E-state index contributed by atoms with van der Waals surface area (Å²) in [6.07, 6.45) is 0. The van der Waals surface area contributed by atoms with E-state index in [1.165, 1.54) is 49.7 Å². The zero-order chi connectivity index (χ0) is 21.5. The molecule has 6 aromatic rings. The topological polar surface area (TPSA) is 4.93 Å². The summed E-state index contributed by atoms with van der Waals surface area (Å²) in [7, 11) is 0. The van der Waals surface area contributed by atoms with Gasteiger partial charge in [0.2, 0.25) is 0 Å². The summed E-state index contributed by atoms with van der Waals surface area (Å²) in [6, 6.07) is 43.2. The molecule has 0 atom stereocenters. The van der Waals surface area contributed by atoms with E-state index in [0.29, 0.717) is 0 Å². The fraction of sp³-hybridized carbons (Fsp3) is 0. The lowest BCUT2D eigenvalue weighted by Crippen LogP contribution is -1.93. The van der Waals surface area contributed by atoms with Crippen LogP contribution in [0, 0.1) is 0 Å². The first-order valence-electron chi connectivity index (χ1n) is 10.7. The molecule has 6 rings (SSSR count). The lowest BCUT2D eigenvalue weighted by Gasteiger charge is -2.10. The molecule has 0 aliphatic rings. The maximum absolute atomic E-state index is 3.72. The molecule has 1 heterocycles. The van der Waals surface area contributed by atoms with E-state index in [4.69, 9.17) is 0 Å². The number of rotatable bonds is 3. The van der Waals surface area contributed by atoms with E-state index in [9.17, 15) is 0 Å². The molecule has 0 saturated carbocycles. The van der Waals surface area contributed by atoms with E-state index >= 15 is 0 Å². The van der Waals surface area contributed by atoms with Gasteiger partial charge in [0, 0.05) is 20.9 Å². The van der Waals surface area contributed by atoms with Crippen LogP contribution >= 0.6 is 15.9 Å². The molecule has 0 saturated heterocycles. The number of nitrogens with zero attached hydrogens (tertiary/aromatic N) is 1. The van der Waals surface area contributed by atoms with E-state index in [1.807, 2.05) is 0 Å². The second-order valence-electron chi connectivity index (χ2n) is 7.98. The molecule has 0 amide bonds. The lowest BCUT2D eigenvalue weighted by molar-refractivity contribution is 1.18. The molecule has 5 aromatic carbocycles. The molecule has 0 spiro atoms. The average Bonchev–Trinajstić information content (AvgIpc) is 3.18. The van der Waals surface area contributed by atoms with E-state index in [2.05, 4.69) is 142 Å². The molecule has 0 unspecified atom stereocenters. The normalized spacial score (nSPS) is 11.3. The number of para-hydroxylation sites is 1. The number of benzene rings is 5. The van der Waals surface area contributed by atoms with Crippen LogP contribution < -0.4 is 0 Å². The summed E-state index contributed by atoms with van der Waals surface area (Å²) in [6.45, 7) is 0. The molecule has 0 radical (unpaired) electrons. The van der Waals surface area contributed by atoms with Crippen molar-refractivity contribution in [1.29, 1.82) is 0 Å². The monoisotopic (exact) mass is 473 g/mol. The summed E-state index contributed by atoms with van der Waals surface area (Å²) in [5.41, 5.74) is 8.46. The summed E-state index contributed by atoms with van der Waals surface area (Å²) in [5, 5.41) is 2.53. The Morgan fingerprint density at radius 3 is 1.72 bits per heavy atom. The van der Waals surface area contributed by atoms with Crippen LogP contribution in [0.15, 0.2) is 126 Å². The fourth-order valence-corrected chi connectivity index (χ4v) is 5.06. The minimum atomic E-state index is 1.10. The molecule has 2 heteroatoms. The highest BCUT2D eigenvalue weighted by Gasteiger charge is 2.15. The summed E-state index contributed by atoms with van der Waals surface area (Å²) in [4.78, 5) is 0. The van der Waals surface area contributed by atoms with Crippen molar-refractivity contribution < 1.29 is 0 Å². The van der Waals surface area contributed by atoms with Crippen molar-refractivity contribution in [3.63, 3.8) is 0 Å². The molecule has 0 bridgehead atoms. The zero-order valence-electron chi connectivity index (χ0n) is 17.4. The highest BCUT2D eigenvalue weighted by Crippen LogP contribution is 2.38. The summed E-state index contributed by atoms with van der Waals surface area (Å²) < 4.78 is 3.49. The first kappa shape index (κ1) is 19.1. The van der Waals surface area contributed by atoms with Crippen LogP contribution in [0.5, 0.6) is 0 Å². The third-order valence-electron chi connectivity index (χ3n) is 6.07.